The van der Waals surface area contributed by atoms with Crippen LogP contribution in [-0.2, 0) is 19.7 Å². The van der Waals surface area contributed by atoms with Crippen LogP contribution in [0.3, 0.4) is 0 Å². The summed E-state index contributed by atoms with van der Waals surface area (Å²) in [4.78, 5) is 1.38. The molecule has 52 heavy (non-hydrogen) atoms. The smallest absolute Gasteiger partial charge is 0.208 e. The average Bonchev–Trinajstić information content (AvgIpc) is 3.73. The summed E-state index contributed by atoms with van der Waals surface area (Å²) in [7, 11) is -7.63. The summed E-state index contributed by atoms with van der Waals surface area (Å²) in [5.74, 6) is 0. The van der Waals surface area contributed by atoms with Crippen molar-refractivity contribution in [3.8, 4) is 0 Å². The van der Waals surface area contributed by atoms with Crippen molar-refractivity contribution in [3.63, 3.8) is 0 Å². The van der Waals surface area contributed by atoms with Crippen molar-refractivity contribution in [1.82, 2.24) is 0 Å². The number of benzene rings is 6. The fourth-order valence-electron chi connectivity index (χ4n) is 9.68. The SMILES string of the molecule is Cc1cc(C)c(C2=c3cc4cc5c(cc4cc3C3=C2c2ccccc2S3(=O)=O)=C(c2c(C)cc(C)cc2C)C2=C5S(=O)(=O)c3ccccc32)c(C)c1. The Morgan fingerprint density at radius 1 is 0.385 bits per heavy atom. The third-order valence-corrected chi connectivity index (χ3v) is 15.2. The maximum Gasteiger partial charge on any atom is 0.208 e. The highest BCUT2D eigenvalue weighted by Gasteiger charge is 2.44. The molecule has 0 radical (unpaired) electrons. The van der Waals surface area contributed by atoms with Gasteiger partial charge in [-0.3, -0.25) is 0 Å². The van der Waals surface area contributed by atoms with Gasteiger partial charge >= 0.3 is 0 Å². The molecule has 6 aromatic rings. The van der Waals surface area contributed by atoms with Crippen molar-refractivity contribution in [3.05, 3.63) is 174 Å². The van der Waals surface area contributed by atoms with Gasteiger partial charge in [0.25, 0.3) is 0 Å². The molecule has 2 heterocycles. The Bertz CT molecular complexity index is 2930. The molecule has 4 aliphatic rings. The monoisotopic (exact) mass is 714 g/mol. The molecular formula is C46H34O4S2. The first-order chi connectivity index (χ1) is 24.8. The molecule has 2 aliphatic heterocycles. The van der Waals surface area contributed by atoms with E-state index in [2.05, 4.69) is 77.9 Å². The van der Waals surface area contributed by atoms with E-state index in [4.69, 9.17) is 0 Å². The zero-order chi connectivity index (χ0) is 36.2. The zero-order valence-corrected chi connectivity index (χ0v) is 31.3. The van der Waals surface area contributed by atoms with E-state index in [0.29, 0.717) is 30.7 Å². The molecule has 0 bridgehead atoms. The molecule has 0 aromatic heterocycles. The second kappa shape index (κ2) is 10.2. The second-order valence-electron chi connectivity index (χ2n) is 14.8. The normalized spacial score (nSPS) is 17.0. The Kier molecular flexibility index (Phi) is 6.16. The summed E-state index contributed by atoms with van der Waals surface area (Å²) < 4.78 is 57.9. The third kappa shape index (κ3) is 3.86. The molecular weight excluding hydrogens is 681 g/mol. The highest BCUT2D eigenvalue weighted by molar-refractivity contribution is 8.01. The molecule has 6 aromatic carbocycles. The maximum atomic E-state index is 14.5. The number of allylic oxidation sites excluding steroid dienone is 2. The largest absolute Gasteiger partial charge is 0.218 e. The summed E-state index contributed by atoms with van der Waals surface area (Å²) in [6, 6.07) is 31.5. The molecule has 4 nitrogen and oxygen atoms in total. The summed E-state index contributed by atoms with van der Waals surface area (Å²) >= 11 is 0. The molecule has 0 atom stereocenters. The highest BCUT2D eigenvalue weighted by atomic mass is 32.2. The second-order valence-corrected chi connectivity index (χ2v) is 18.6. The minimum atomic E-state index is -3.82. The molecule has 0 spiro atoms. The van der Waals surface area contributed by atoms with Crippen LogP contribution in [0, 0.1) is 41.5 Å². The van der Waals surface area contributed by atoms with Crippen LogP contribution in [-0.4, -0.2) is 16.8 Å². The van der Waals surface area contributed by atoms with E-state index < -0.39 is 19.7 Å². The van der Waals surface area contributed by atoms with Crippen molar-refractivity contribution in [1.29, 1.82) is 0 Å². The number of rotatable bonds is 2. The molecule has 0 fully saturated rings. The van der Waals surface area contributed by atoms with E-state index in [9.17, 15) is 16.8 Å². The first kappa shape index (κ1) is 31.4. The Labute approximate surface area is 303 Å². The topological polar surface area (TPSA) is 68.3 Å². The number of aryl methyl sites for hydroxylation is 6. The maximum absolute atomic E-state index is 14.5. The van der Waals surface area contributed by atoms with Crippen molar-refractivity contribution >= 4 is 62.5 Å². The van der Waals surface area contributed by atoms with Crippen LogP contribution in [0.4, 0.5) is 0 Å². The van der Waals surface area contributed by atoms with E-state index in [1.54, 1.807) is 24.3 Å². The highest BCUT2D eigenvalue weighted by Crippen LogP contribution is 2.54. The number of hydrogen-bond donors (Lipinski definition) is 0. The van der Waals surface area contributed by atoms with Crippen molar-refractivity contribution < 1.29 is 16.8 Å². The Hall–Kier alpha value is -5.30. The van der Waals surface area contributed by atoms with Crippen LogP contribution in [0.1, 0.15) is 66.8 Å². The standard InChI is InChI=1S/C46H34O4S2/c1-23-15-25(3)39(26(4)16-23)41-33-19-29-22-36-34(20-30(29)21-35(33)45-43(41)31-11-7-9-13-37(31)51(45,47)48)42(40-27(5)17-24(2)18-28(40)6)44-32-12-8-10-14-38(32)52(49,50)46(36)44/h7-22H,1-6H3. The molecule has 0 amide bonds. The fourth-order valence-corrected chi connectivity index (χ4v) is 13.4. The summed E-state index contributed by atoms with van der Waals surface area (Å²) in [6.07, 6.45) is 0. The Morgan fingerprint density at radius 2 is 0.731 bits per heavy atom. The number of hydrogen-bond acceptors (Lipinski definition) is 4. The van der Waals surface area contributed by atoms with Gasteiger partial charge in [0, 0.05) is 33.4 Å². The lowest BCUT2D eigenvalue weighted by Gasteiger charge is -2.17. The van der Waals surface area contributed by atoms with Gasteiger partial charge in [0.15, 0.2) is 0 Å². The molecule has 0 saturated heterocycles. The van der Waals surface area contributed by atoms with Gasteiger partial charge in [-0.05, 0) is 144 Å². The molecule has 0 unspecified atom stereocenters. The summed E-state index contributed by atoms with van der Waals surface area (Å²) in [5.41, 5.74) is 14.8. The van der Waals surface area contributed by atoms with Gasteiger partial charge in [0.2, 0.25) is 19.7 Å². The molecule has 0 N–H and O–H groups in total. The average molecular weight is 715 g/mol. The molecule has 6 heteroatoms. The van der Waals surface area contributed by atoms with Crippen LogP contribution in [0.2, 0.25) is 0 Å². The van der Waals surface area contributed by atoms with Gasteiger partial charge in [-0.2, -0.15) is 0 Å². The van der Waals surface area contributed by atoms with Gasteiger partial charge in [-0.15, -0.1) is 0 Å². The minimum absolute atomic E-state index is 0.338. The van der Waals surface area contributed by atoms with Crippen LogP contribution >= 0.6 is 0 Å². The minimum Gasteiger partial charge on any atom is -0.218 e. The van der Waals surface area contributed by atoms with Gasteiger partial charge < -0.3 is 0 Å². The molecule has 10 rings (SSSR count). The lowest BCUT2D eigenvalue weighted by Crippen LogP contribution is -2.16. The predicted octanol–water partition coefficient (Wildman–Crippen LogP) is 8.43. The molecule has 0 saturated carbocycles. The van der Waals surface area contributed by atoms with E-state index in [0.717, 1.165) is 99.1 Å². The first-order valence-corrected chi connectivity index (χ1v) is 20.5. The van der Waals surface area contributed by atoms with E-state index in [-0.39, 0.29) is 0 Å². The quantitative estimate of drug-likeness (QED) is 0.181. The van der Waals surface area contributed by atoms with Crippen LogP contribution in [0.25, 0.3) is 42.9 Å². The summed E-state index contributed by atoms with van der Waals surface area (Å²) in [6.45, 7) is 12.5. The van der Waals surface area contributed by atoms with Crippen LogP contribution in [0.15, 0.2) is 107 Å². The molecule has 254 valence electrons. The van der Waals surface area contributed by atoms with Crippen LogP contribution < -0.4 is 10.4 Å². The summed E-state index contributed by atoms with van der Waals surface area (Å²) in [5, 5.41) is 3.43. The lowest BCUT2D eigenvalue weighted by atomic mass is 9.87. The third-order valence-electron chi connectivity index (χ3n) is 11.4. The van der Waals surface area contributed by atoms with Crippen molar-refractivity contribution in [2.24, 2.45) is 0 Å². The van der Waals surface area contributed by atoms with Crippen molar-refractivity contribution in [2.45, 2.75) is 51.3 Å². The zero-order valence-electron chi connectivity index (χ0n) is 29.7. The van der Waals surface area contributed by atoms with Gasteiger partial charge in [-0.1, -0.05) is 71.8 Å². The van der Waals surface area contributed by atoms with E-state index in [1.165, 1.54) is 0 Å². The van der Waals surface area contributed by atoms with E-state index >= 15 is 0 Å². The predicted molar refractivity (Wildman–Crippen MR) is 210 cm³/mol. The van der Waals surface area contributed by atoms with Gasteiger partial charge in [-0.25, -0.2) is 16.8 Å². The number of fused-ring (bicyclic) bond motifs is 9. The van der Waals surface area contributed by atoms with E-state index in [1.807, 2.05) is 36.4 Å². The van der Waals surface area contributed by atoms with Crippen molar-refractivity contribution in [2.75, 3.05) is 0 Å². The number of sulfone groups is 2. The van der Waals surface area contributed by atoms with Gasteiger partial charge in [0.05, 0.1) is 19.6 Å². The Morgan fingerprint density at radius 3 is 1.10 bits per heavy atom. The Balaban J connectivity index is 1.37. The lowest BCUT2D eigenvalue weighted by molar-refractivity contribution is 0.605. The first-order valence-electron chi connectivity index (χ1n) is 17.5. The van der Waals surface area contributed by atoms with Gasteiger partial charge in [0.1, 0.15) is 0 Å². The molecule has 2 aliphatic carbocycles. The fraction of sp³-hybridized carbons (Fsp3) is 0.130. The van der Waals surface area contributed by atoms with Crippen LogP contribution in [0.5, 0.6) is 0 Å².